The molecule has 94 valence electrons. The Morgan fingerprint density at radius 3 is 2.83 bits per heavy atom. The second-order valence-electron chi connectivity index (χ2n) is 4.13. The second kappa shape index (κ2) is 4.48. The van der Waals surface area contributed by atoms with Gasteiger partial charge in [-0.3, -0.25) is 14.4 Å². The smallest absolute Gasteiger partial charge is 0.325 e. The summed E-state index contributed by atoms with van der Waals surface area (Å²) >= 11 is 0. The van der Waals surface area contributed by atoms with E-state index in [-0.39, 0.29) is 12.3 Å². The molecule has 1 atom stereocenters. The van der Waals surface area contributed by atoms with Crippen LogP contribution in [0.1, 0.15) is 22.8 Å². The Hall–Kier alpha value is -2.37. The highest BCUT2D eigenvalue weighted by molar-refractivity contribution is 6.02. The number of anilines is 1. The third-order valence-corrected chi connectivity index (χ3v) is 2.71. The van der Waals surface area contributed by atoms with Crippen LogP contribution >= 0.6 is 0 Å². The third kappa shape index (κ3) is 2.32. The standard InChI is InChI=1S/C12H12N2O4/c1-6(12(17)18)13-11(16)7-2-3-9-8(4-7)5-10(15)14-9/h2-4,6H,5H2,1H3,(H,13,16)(H,14,15)(H,17,18)/t6-/m0/s1. The largest absolute Gasteiger partial charge is 0.480 e. The first-order chi connectivity index (χ1) is 8.47. The number of fused-ring (bicyclic) bond motifs is 1. The van der Waals surface area contributed by atoms with Gasteiger partial charge in [0.15, 0.2) is 0 Å². The number of carbonyl (C=O) groups is 3. The van der Waals surface area contributed by atoms with Crippen LogP contribution in [0.2, 0.25) is 0 Å². The molecule has 0 saturated carbocycles. The molecule has 0 spiro atoms. The second-order valence-corrected chi connectivity index (χ2v) is 4.13. The molecular formula is C12H12N2O4. The lowest BCUT2D eigenvalue weighted by Crippen LogP contribution is -2.38. The molecule has 0 radical (unpaired) electrons. The minimum atomic E-state index is -1.10. The molecule has 0 fully saturated rings. The van der Waals surface area contributed by atoms with Crippen molar-refractivity contribution < 1.29 is 19.5 Å². The van der Waals surface area contributed by atoms with Crippen LogP contribution in [0.15, 0.2) is 18.2 Å². The number of carboxylic acids is 1. The van der Waals surface area contributed by atoms with E-state index >= 15 is 0 Å². The van der Waals surface area contributed by atoms with Gasteiger partial charge in [0.1, 0.15) is 6.04 Å². The van der Waals surface area contributed by atoms with Gasteiger partial charge in [-0.1, -0.05) is 0 Å². The molecule has 1 aliphatic rings. The molecule has 0 saturated heterocycles. The molecule has 1 aromatic carbocycles. The summed E-state index contributed by atoms with van der Waals surface area (Å²) in [5, 5.41) is 13.7. The summed E-state index contributed by atoms with van der Waals surface area (Å²) in [7, 11) is 0. The topological polar surface area (TPSA) is 95.5 Å². The van der Waals surface area contributed by atoms with Gasteiger partial charge in [0, 0.05) is 11.3 Å². The number of rotatable bonds is 3. The van der Waals surface area contributed by atoms with Gasteiger partial charge in [0.05, 0.1) is 6.42 Å². The van der Waals surface area contributed by atoms with Crippen molar-refractivity contribution in [1.29, 1.82) is 0 Å². The molecular weight excluding hydrogens is 236 g/mol. The van der Waals surface area contributed by atoms with E-state index in [1.165, 1.54) is 6.92 Å². The average molecular weight is 248 g/mol. The van der Waals surface area contributed by atoms with Crippen LogP contribution < -0.4 is 10.6 Å². The van der Waals surface area contributed by atoms with E-state index in [1.807, 2.05) is 0 Å². The first-order valence-corrected chi connectivity index (χ1v) is 5.44. The summed E-state index contributed by atoms with van der Waals surface area (Å²) in [4.78, 5) is 33.5. The molecule has 1 aromatic rings. The molecule has 1 aliphatic heterocycles. The quantitative estimate of drug-likeness (QED) is 0.720. The molecule has 6 nitrogen and oxygen atoms in total. The van der Waals surface area contributed by atoms with Gasteiger partial charge in [0.2, 0.25) is 5.91 Å². The van der Waals surface area contributed by atoms with Crippen molar-refractivity contribution in [1.82, 2.24) is 5.32 Å². The van der Waals surface area contributed by atoms with Crippen molar-refractivity contribution in [3.05, 3.63) is 29.3 Å². The molecule has 2 amide bonds. The zero-order valence-electron chi connectivity index (χ0n) is 9.69. The molecule has 6 heteroatoms. The number of hydrogen-bond acceptors (Lipinski definition) is 3. The van der Waals surface area contributed by atoms with Gasteiger partial charge in [-0.25, -0.2) is 0 Å². The molecule has 0 bridgehead atoms. The van der Waals surface area contributed by atoms with E-state index in [4.69, 9.17) is 5.11 Å². The van der Waals surface area contributed by atoms with Crippen LogP contribution in [-0.4, -0.2) is 28.9 Å². The summed E-state index contributed by atoms with van der Waals surface area (Å²) in [6, 6.07) is 3.83. The molecule has 0 unspecified atom stereocenters. The fraction of sp³-hybridized carbons (Fsp3) is 0.250. The fourth-order valence-electron chi connectivity index (χ4n) is 1.71. The van der Waals surface area contributed by atoms with Crippen molar-refractivity contribution in [3.8, 4) is 0 Å². The Morgan fingerprint density at radius 1 is 1.44 bits per heavy atom. The van der Waals surface area contributed by atoms with Crippen molar-refractivity contribution >= 4 is 23.5 Å². The molecule has 0 aliphatic carbocycles. The Morgan fingerprint density at radius 2 is 2.17 bits per heavy atom. The number of benzene rings is 1. The highest BCUT2D eigenvalue weighted by atomic mass is 16.4. The highest BCUT2D eigenvalue weighted by Crippen LogP contribution is 2.23. The van der Waals surface area contributed by atoms with Gasteiger partial charge in [-0.2, -0.15) is 0 Å². The molecule has 3 N–H and O–H groups in total. The van der Waals surface area contributed by atoms with Crippen LogP contribution in [0.4, 0.5) is 5.69 Å². The van der Waals surface area contributed by atoms with Crippen molar-refractivity contribution in [2.24, 2.45) is 0 Å². The van der Waals surface area contributed by atoms with Crippen LogP contribution in [-0.2, 0) is 16.0 Å². The Kier molecular flexibility index (Phi) is 3.01. The van der Waals surface area contributed by atoms with Crippen LogP contribution in [0.25, 0.3) is 0 Å². The fourth-order valence-corrected chi connectivity index (χ4v) is 1.71. The third-order valence-electron chi connectivity index (χ3n) is 2.71. The van der Waals surface area contributed by atoms with Crippen LogP contribution in [0.5, 0.6) is 0 Å². The van der Waals surface area contributed by atoms with Gasteiger partial charge in [-0.05, 0) is 30.7 Å². The number of carboxylic acid groups (broad SMARTS) is 1. The number of nitrogens with one attached hydrogen (secondary N) is 2. The number of carbonyl (C=O) groups excluding carboxylic acids is 2. The maximum Gasteiger partial charge on any atom is 0.325 e. The Balaban J connectivity index is 2.15. The summed E-state index contributed by atoms with van der Waals surface area (Å²) in [5.41, 5.74) is 1.79. The molecule has 0 aromatic heterocycles. The van der Waals surface area contributed by atoms with E-state index in [0.717, 1.165) is 5.56 Å². The van der Waals surface area contributed by atoms with Gasteiger partial charge >= 0.3 is 5.97 Å². The monoisotopic (exact) mass is 248 g/mol. The molecule has 1 heterocycles. The number of hydrogen-bond donors (Lipinski definition) is 3. The van der Waals surface area contributed by atoms with Crippen molar-refractivity contribution in [2.45, 2.75) is 19.4 Å². The maximum atomic E-state index is 11.8. The number of aliphatic carboxylic acids is 1. The summed E-state index contributed by atoms with van der Waals surface area (Å²) in [5.74, 6) is -1.67. The van der Waals surface area contributed by atoms with E-state index in [1.54, 1.807) is 18.2 Å². The predicted molar refractivity (Wildman–Crippen MR) is 63.3 cm³/mol. The van der Waals surface area contributed by atoms with Gasteiger partial charge < -0.3 is 15.7 Å². The first-order valence-electron chi connectivity index (χ1n) is 5.44. The van der Waals surface area contributed by atoms with Crippen LogP contribution in [0, 0.1) is 0 Å². The van der Waals surface area contributed by atoms with E-state index in [2.05, 4.69) is 10.6 Å². The van der Waals surface area contributed by atoms with E-state index in [0.29, 0.717) is 11.3 Å². The highest BCUT2D eigenvalue weighted by Gasteiger charge is 2.20. The van der Waals surface area contributed by atoms with E-state index < -0.39 is 17.9 Å². The summed E-state index contributed by atoms with van der Waals surface area (Å²) < 4.78 is 0. The zero-order chi connectivity index (χ0) is 13.3. The van der Waals surface area contributed by atoms with Crippen molar-refractivity contribution in [2.75, 3.05) is 5.32 Å². The van der Waals surface area contributed by atoms with Gasteiger partial charge in [-0.15, -0.1) is 0 Å². The Labute approximate surface area is 103 Å². The maximum absolute atomic E-state index is 11.8. The van der Waals surface area contributed by atoms with Crippen molar-refractivity contribution in [3.63, 3.8) is 0 Å². The average Bonchev–Trinajstić information content (AvgIpc) is 2.67. The van der Waals surface area contributed by atoms with Gasteiger partial charge in [0.25, 0.3) is 5.91 Å². The minimum Gasteiger partial charge on any atom is -0.480 e. The Bertz CT molecular complexity index is 539. The lowest BCUT2D eigenvalue weighted by molar-refractivity contribution is -0.138. The van der Waals surface area contributed by atoms with E-state index in [9.17, 15) is 14.4 Å². The normalized spacial score (nSPS) is 14.6. The number of amides is 2. The lowest BCUT2D eigenvalue weighted by Gasteiger charge is -2.09. The summed E-state index contributed by atoms with van der Waals surface area (Å²) in [6.45, 7) is 1.39. The predicted octanol–water partition coefficient (Wildman–Crippen LogP) is 0.384. The molecule has 2 rings (SSSR count). The molecule has 18 heavy (non-hydrogen) atoms. The zero-order valence-corrected chi connectivity index (χ0v) is 9.69. The lowest BCUT2D eigenvalue weighted by atomic mass is 10.1. The summed E-state index contributed by atoms with van der Waals surface area (Å²) in [6.07, 6.45) is 0.241. The minimum absolute atomic E-state index is 0.110. The van der Waals surface area contributed by atoms with Crippen LogP contribution in [0.3, 0.4) is 0 Å². The SMILES string of the molecule is C[C@H](NC(=O)c1ccc2c(c1)CC(=O)N2)C(=O)O. The first kappa shape index (κ1) is 12.1.